The first-order valence-electron chi connectivity index (χ1n) is 5.43. The molecule has 0 aliphatic heterocycles. The van der Waals surface area contributed by atoms with Crippen LogP contribution in [0.2, 0.25) is 0 Å². The van der Waals surface area contributed by atoms with Crippen LogP contribution in [0.25, 0.3) is 0 Å². The standard InChI is InChI=1S/C13H19NO2/c1-9(2)12(14(3)4)10-5-7-11(8-6-10)13(15)16/h5-9,12H,1-4H3,(H,15,16). The molecule has 0 saturated heterocycles. The Kier molecular flexibility index (Phi) is 4.07. The first kappa shape index (κ1) is 12.7. The van der Waals surface area contributed by atoms with Crippen LogP contribution < -0.4 is 0 Å². The maximum absolute atomic E-state index is 10.7. The van der Waals surface area contributed by atoms with Gasteiger partial charge in [0.05, 0.1) is 5.56 Å². The first-order valence-corrected chi connectivity index (χ1v) is 5.43. The predicted molar refractivity (Wildman–Crippen MR) is 64.7 cm³/mol. The van der Waals surface area contributed by atoms with Gasteiger partial charge in [0.25, 0.3) is 0 Å². The van der Waals surface area contributed by atoms with Gasteiger partial charge >= 0.3 is 5.97 Å². The zero-order chi connectivity index (χ0) is 12.3. The van der Waals surface area contributed by atoms with Crippen molar-refractivity contribution in [3.63, 3.8) is 0 Å². The molecule has 0 amide bonds. The van der Waals surface area contributed by atoms with Crippen LogP contribution >= 0.6 is 0 Å². The molecule has 1 aromatic carbocycles. The number of hydrogen-bond donors (Lipinski definition) is 1. The van der Waals surface area contributed by atoms with Crippen LogP contribution in [-0.4, -0.2) is 30.1 Å². The summed E-state index contributed by atoms with van der Waals surface area (Å²) in [4.78, 5) is 12.9. The molecular formula is C13H19NO2. The zero-order valence-corrected chi connectivity index (χ0v) is 10.3. The van der Waals surface area contributed by atoms with Crippen LogP contribution in [-0.2, 0) is 0 Å². The van der Waals surface area contributed by atoms with Gasteiger partial charge in [-0.05, 0) is 37.7 Å². The molecule has 0 saturated carbocycles. The van der Waals surface area contributed by atoms with Crippen LogP contribution in [0.15, 0.2) is 24.3 Å². The normalized spacial score (nSPS) is 13.1. The van der Waals surface area contributed by atoms with Crippen molar-refractivity contribution < 1.29 is 9.90 Å². The fraction of sp³-hybridized carbons (Fsp3) is 0.462. The van der Waals surface area contributed by atoms with Crippen molar-refractivity contribution in [3.05, 3.63) is 35.4 Å². The van der Waals surface area contributed by atoms with Gasteiger partial charge in [0, 0.05) is 6.04 Å². The highest BCUT2D eigenvalue weighted by Gasteiger charge is 2.18. The van der Waals surface area contributed by atoms with E-state index < -0.39 is 5.97 Å². The van der Waals surface area contributed by atoms with Gasteiger partial charge in [-0.1, -0.05) is 26.0 Å². The highest BCUT2D eigenvalue weighted by Crippen LogP contribution is 2.26. The van der Waals surface area contributed by atoms with Crippen molar-refractivity contribution >= 4 is 5.97 Å². The summed E-state index contributed by atoms with van der Waals surface area (Å²) in [7, 11) is 4.07. The molecule has 1 atom stereocenters. The van der Waals surface area contributed by atoms with E-state index in [2.05, 4.69) is 18.7 Å². The van der Waals surface area contributed by atoms with Crippen molar-refractivity contribution in [1.29, 1.82) is 0 Å². The van der Waals surface area contributed by atoms with E-state index in [1.54, 1.807) is 12.1 Å². The second-order valence-corrected chi connectivity index (χ2v) is 4.58. The molecule has 0 bridgehead atoms. The third kappa shape index (κ3) is 2.83. The fourth-order valence-corrected chi connectivity index (χ4v) is 2.10. The molecule has 16 heavy (non-hydrogen) atoms. The first-order chi connectivity index (χ1) is 7.43. The molecule has 1 unspecified atom stereocenters. The molecule has 1 N–H and O–H groups in total. The minimum absolute atomic E-state index is 0.322. The third-order valence-electron chi connectivity index (χ3n) is 2.69. The van der Waals surface area contributed by atoms with E-state index in [1.807, 2.05) is 26.2 Å². The summed E-state index contributed by atoms with van der Waals surface area (Å²) in [6, 6.07) is 7.44. The van der Waals surface area contributed by atoms with Gasteiger partial charge in [0.2, 0.25) is 0 Å². The van der Waals surface area contributed by atoms with E-state index in [1.165, 1.54) is 0 Å². The minimum Gasteiger partial charge on any atom is -0.478 e. The third-order valence-corrected chi connectivity index (χ3v) is 2.69. The molecule has 3 nitrogen and oxygen atoms in total. The Morgan fingerprint density at radius 2 is 1.69 bits per heavy atom. The molecular weight excluding hydrogens is 202 g/mol. The summed E-state index contributed by atoms with van der Waals surface area (Å²) in [5.41, 5.74) is 1.50. The van der Waals surface area contributed by atoms with E-state index in [4.69, 9.17) is 5.11 Å². The summed E-state index contributed by atoms with van der Waals surface area (Å²) in [6.07, 6.45) is 0. The van der Waals surface area contributed by atoms with Gasteiger partial charge in [0.15, 0.2) is 0 Å². The molecule has 0 aliphatic rings. The van der Waals surface area contributed by atoms with Gasteiger partial charge in [0.1, 0.15) is 0 Å². The number of nitrogens with zero attached hydrogens (tertiary/aromatic N) is 1. The van der Waals surface area contributed by atoms with E-state index in [0.717, 1.165) is 5.56 Å². The molecule has 3 heteroatoms. The average Bonchev–Trinajstić information content (AvgIpc) is 2.17. The van der Waals surface area contributed by atoms with Gasteiger partial charge in [-0.2, -0.15) is 0 Å². The number of benzene rings is 1. The van der Waals surface area contributed by atoms with E-state index >= 15 is 0 Å². The molecule has 0 heterocycles. The summed E-state index contributed by atoms with van der Waals surface area (Å²) < 4.78 is 0. The SMILES string of the molecule is CC(C)C(c1ccc(C(=O)O)cc1)N(C)C. The van der Waals surface area contributed by atoms with Crippen LogP contribution in [0.5, 0.6) is 0 Å². The van der Waals surface area contributed by atoms with Crippen LogP contribution in [0.3, 0.4) is 0 Å². The van der Waals surface area contributed by atoms with Gasteiger partial charge in [-0.15, -0.1) is 0 Å². The summed E-state index contributed by atoms with van der Waals surface area (Å²) >= 11 is 0. The van der Waals surface area contributed by atoms with Gasteiger partial charge in [-0.25, -0.2) is 4.79 Å². The Morgan fingerprint density at radius 3 is 2.00 bits per heavy atom. The predicted octanol–water partition coefficient (Wildman–Crippen LogP) is 2.64. The number of rotatable bonds is 4. The monoisotopic (exact) mass is 221 g/mol. The lowest BCUT2D eigenvalue weighted by atomic mass is 9.94. The lowest BCUT2D eigenvalue weighted by Crippen LogP contribution is -2.24. The quantitative estimate of drug-likeness (QED) is 0.849. The van der Waals surface area contributed by atoms with Gasteiger partial charge < -0.3 is 10.0 Å². The highest BCUT2D eigenvalue weighted by molar-refractivity contribution is 5.87. The van der Waals surface area contributed by atoms with Crippen LogP contribution in [0, 0.1) is 5.92 Å². The van der Waals surface area contributed by atoms with Crippen LogP contribution in [0.1, 0.15) is 35.8 Å². The second kappa shape index (κ2) is 5.12. The number of carboxylic acid groups (broad SMARTS) is 1. The summed E-state index contributed by atoms with van der Waals surface area (Å²) in [5.74, 6) is -0.386. The van der Waals surface area contributed by atoms with Crippen molar-refractivity contribution in [2.75, 3.05) is 14.1 Å². The second-order valence-electron chi connectivity index (χ2n) is 4.58. The Balaban J connectivity index is 2.99. The van der Waals surface area contributed by atoms with Crippen LogP contribution in [0.4, 0.5) is 0 Å². The van der Waals surface area contributed by atoms with Crippen molar-refractivity contribution in [3.8, 4) is 0 Å². The van der Waals surface area contributed by atoms with E-state index in [-0.39, 0.29) is 0 Å². The lowest BCUT2D eigenvalue weighted by molar-refractivity contribution is 0.0697. The smallest absolute Gasteiger partial charge is 0.335 e. The fourth-order valence-electron chi connectivity index (χ4n) is 2.10. The molecule has 0 spiro atoms. The number of carboxylic acids is 1. The van der Waals surface area contributed by atoms with E-state index in [0.29, 0.717) is 17.5 Å². The maximum Gasteiger partial charge on any atom is 0.335 e. The molecule has 0 radical (unpaired) electrons. The Bertz CT molecular complexity index is 347. The number of aromatic carboxylic acids is 1. The highest BCUT2D eigenvalue weighted by atomic mass is 16.4. The Labute approximate surface area is 96.7 Å². The molecule has 0 fully saturated rings. The average molecular weight is 221 g/mol. The number of hydrogen-bond acceptors (Lipinski definition) is 2. The van der Waals surface area contributed by atoms with Crippen molar-refractivity contribution in [1.82, 2.24) is 4.90 Å². The minimum atomic E-state index is -0.877. The topological polar surface area (TPSA) is 40.5 Å². The molecule has 0 aliphatic carbocycles. The Morgan fingerprint density at radius 1 is 1.19 bits per heavy atom. The zero-order valence-electron chi connectivity index (χ0n) is 10.3. The lowest BCUT2D eigenvalue weighted by Gasteiger charge is -2.28. The molecule has 1 rings (SSSR count). The largest absolute Gasteiger partial charge is 0.478 e. The summed E-state index contributed by atoms with van der Waals surface area (Å²) in [5, 5.41) is 8.82. The summed E-state index contributed by atoms with van der Waals surface area (Å²) in [6.45, 7) is 4.32. The molecule has 0 aromatic heterocycles. The van der Waals surface area contributed by atoms with Crippen molar-refractivity contribution in [2.24, 2.45) is 5.92 Å². The molecule has 88 valence electrons. The maximum atomic E-state index is 10.7. The van der Waals surface area contributed by atoms with Crippen molar-refractivity contribution in [2.45, 2.75) is 19.9 Å². The van der Waals surface area contributed by atoms with Gasteiger partial charge in [-0.3, -0.25) is 0 Å². The number of carbonyl (C=O) groups is 1. The Hall–Kier alpha value is -1.35. The van der Waals surface area contributed by atoms with E-state index in [9.17, 15) is 4.79 Å². The molecule has 1 aromatic rings.